The van der Waals surface area contributed by atoms with Gasteiger partial charge in [0.15, 0.2) is 16.6 Å². The van der Waals surface area contributed by atoms with Crippen molar-refractivity contribution >= 4 is 29.1 Å². The molecule has 3 aliphatic rings. The molecule has 0 bridgehead atoms. The number of fused-ring (bicyclic) bond motifs is 2. The van der Waals surface area contributed by atoms with Crippen molar-refractivity contribution in [1.82, 2.24) is 20.6 Å². The van der Waals surface area contributed by atoms with Gasteiger partial charge >= 0.3 is 0 Å². The van der Waals surface area contributed by atoms with Gasteiger partial charge in [0.1, 0.15) is 5.82 Å². The number of nitrogens with zero attached hydrogens (tertiary/aromatic N) is 3. The van der Waals surface area contributed by atoms with Gasteiger partial charge in [-0.1, -0.05) is 6.07 Å². The average Bonchev–Trinajstić information content (AvgIpc) is 3.31. The van der Waals surface area contributed by atoms with Crippen molar-refractivity contribution in [2.75, 3.05) is 31.1 Å². The number of rotatable bonds is 6. The first-order valence-electron chi connectivity index (χ1n) is 12.3. The zero-order valence-electron chi connectivity index (χ0n) is 20.0. The fourth-order valence-corrected chi connectivity index (χ4v) is 5.28. The molecule has 5 rings (SSSR count). The van der Waals surface area contributed by atoms with Crippen LogP contribution >= 0.6 is 12.2 Å². The smallest absolute Gasteiger partial charge is 0.231 e. The number of ether oxygens (including phenoxy) is 2. The lowest BCUT2D eigenvalue weighted by atomic mass is 9.91. The lowest BCUT2D eigenvalue weighted by Gasteiger charge is -2.31. The van der Waals surface area contributed by atoms with Crippen LogP contribution in [0, 0.1) is 0 Å². The van der Waals surface area contributed by atoms with Crippen molar-refractivity contribution in [3.8, 4) is 11.5 Å². The molecule has 3 N–H and O–H groups in total. The van der Waals surface area contributed by atoms with E-state index in [1.54, 1.807) is 0 Å². The number of aromatic nitrogens is 2. The van der Waals surface area contributed by atoms with E-state index in [2.05, 4.69) is 34.9 Å². The first-order valence-corrected chi connectivity index (χ1v) is 12.7. The third-order valence-corrected chi connectivity index (χ3v) is 7.13. The van der Waals surface area contributed by atoms with Crippen LogP contribution < -0.4 is 30.3 Å². The molecule has 2 aromatic rings. The molecular formula is C25H34N6O2S. The van der Waals surface area contributed by atoms with E-state index in [9.17, 15) is 0 Å². The maximum atomic E-state index is 5.54. The summed E-state index contributed by atoms with van der Waals surface area (Å²) in [6, 6.07) is 6.75. The Morgan fingerprint density at radius 3 is 2.62 bits per heavy atom. The first kappa shape index (κ1) is 23.0. The second kappa shape index (κ2) is 10.2. The summed E-state index contributed by atoms with van der Waals surface area (Å²) in [6.45, 7) is 0.947. The average molecular weight is 483 g/mol. The normalized spacial score (nSPS) is 20.9. The number of benzene rings is 1. The monoisotopic (exact) mass is 482 g/mol. The van der Waals surface area contributed by atoms with E-state index in [1.807, 2.05) is 18.2 Å². The molecule has 9 heteroatoms. The van der Waals surface area contributed by atoms with Gasteiger partial charge in [-0.25, -0.2) is 4.98 Å². The Bertz CT molecular complexity index is 1040. The van der Waals surface area contributed by atoms with E-state index in [1.165, 1.54) is 24.1 Å². The van der Waals surface area contributed by atoms with E-state index in [-0.39, 0.29) is 0 Å². The molecule has 0 saturated heterocycles. The summed E-state index contributed by atoms with van der Waals surface area (Å²) in [5.74, 6) is 3.45. The third kappa shape index (κ3) is 5.29. The summed E-state index contributed by atoms with van der Waals surface area (Å²) < 4.78 is 10.8. The molecule has 0 atom stereocenters. The van der Waals surface area contributed by atoms with Crippen LogP contribution in [0.5, 0.6) is 11.5 Å². The second-order valence-electron chi connectivity index (χ2n) is 9.61. The molecular weight excluding hydrogens is 448 g/mol. The summed E-state index contributed by atoms with van der Waals surface area (Å²) in [6.07, 6.45) is 8.86. The van der Waals surface area contributed by atoms with Gasteiger partial charge in [0.2, 0.25) is 12.7 Å². The van der Waals surface area contributed by atoms with Crippen molar-refractivity contribution < 1.29 is 9.47 Å². The largest absolute Gasteiger partial charge is 0.454 e. The standard InChI is InChI=1S/C25H34N6O2S/c1-31(2)23-19-5-3-4-6-20(19)29-24(30-23)27-17-8-10-18(11-9-17)28-25(34)26-14-16-7-12-21-22(13-16)33-15-32-21/h7,12-13,17-18H,3-6,8-11,14-15H2,1-2H3,(H2,26,28,34)(H,27,29,30)/t17-,18+. The zero-order valence-corrected chi connectivity index (χ0v) is 20.8. The Morgan fingerprint density at radius 1 is 1.03 bits per heavy atom. The SMILES string of the molecule is CN(C)c1nc(N[C@H]2CC[C@@H](NC(=S)NCc3ccc4c(c3)OCO4)CC2)nc2c1CCCC2. The zero-order chi connectivity index (χ0) is 23.5. The van der Waals surface area contributed by atoms with Crippen LogP contribution in [0.15, 0.2) is 18.2 Å². The molecule has 0 unspecified atom stereocenters. The number of thiocarbonyl (C=S) groups is 1. The van der Waals surface area contributed by atoms with Crippen molar-refractivity contribution in [2.45, 2.75) is 70.0 Å². The van der Waals surface area contributed by atoms with E-state index in [0.717, 1.165) is 67.4 Å². The van der Waals surface area contributed by atoms with E-state index in [0.29, 0.717) is 30.5 Å². The number of anilines is 2. The minimum Gasteiger partial charge on any atom is -0.454 e. The van der Waals surface area contributed by atoms with Crippen LogP contribution in [-0.4, -0.2) is 48.1 Å². The highest BCUT2D eigenvalue weighted by atomic mass is 32.1. The van der Waals surface area contributed by atoms with Gasteiger partial charge in [0.05, 0.1) is 5.69 Å². The minimum absolute atomic E-state index is 0.291. The molecule has 2 aliphatic carbocycles. The molecule has 182 valence electrons. The summed E-state index contributed by atoms with van der Waals surface area (Å²) in [4.78, 5) is 11.9. The van der Waals surface area contributed by atoms with Gasteiger partial charge < -0.3 is 30.3 Å². The number of hydrogen-bond acceptors (Lipinski definition) is 7. The van der Waals surface area contributed by atoms with Crippen LogP contribution in [0.2, 0.25) is 0 Å². The fraction of sp³-hybridized carbons (Fsp3) is 0.560. The molecule has 8 nitrogen and oxygen atoms in total. The molecule has 34 heavy (non-hydrogen) atoms. The highest BCUT2D eigenvalue weighted by molar-refractivity contribution is 7.80. The van der Waals surface area contributed by atoms with Crippen molar-refractivity contribution in [2.24, 2.45) is 0 Å². The van der Waals surface area contributed by atoms with Crippen LogP contribution in [0.1, 0.15) is 55.3 Å². The Morgan fingerprint density at radius 2 is 1.79 bits per heavy atom. The minimum atomic E-state index is 0.291. The first-order chi connectivity index (χ1) is 16.5. The Balaban J connectivity index is 1.09. The quantitative estimate of drug-likeness (QED) is 0.536. The molecule has 2 heterocycles. The Kier molecular flexibility index (Phi) is 6.89. The van der Waals surface area contributed by atoms with E-state index >= 15 is 0 Å². The van der Waals surface area contributed by atoms with Gasteiger partial charge in [0.25, 0.3) is 0 Å². The molecule has 1 saturated carbocycles. The topological polar surface area (TPSA) is 83.6 Å². The van der Waals surface area contributed by atoms with Crippen LogP contribution in [0.3, 0.4) is 0 Å². The summed E-state index contributed by atoms with van der Waals surface area (Å²) >= 11 is 5.54. The summed E-state index contributed by atoms with van der Waals surface area (Å²) in [5.41, 5.74) is 3.67. The predicted octanol–water partition coefficient (Wildman–Crippen LogP) is 3.54. The van der Waals surface area contributed by atoms with Gasteiger partial charge in [0, 0.05) is 38.3 Å². The molecule has 1 fully saturated rings. The third-order valence-electron chi connectivity index (χ3n) is 6.87. The molecule has 0 radical (unpaired) electrons. The number of aryl methyl sites for hydroxylation is 1. The van der Waals surface area contributed by atoms with E-state index in [4.69, 9.17) is 31.7 Å². The maximum absolute atomic E-state index is 5.54. The van der Waals surface area contributed by atoms with Gasteiger partial charge in [-0.15, -0.1) is 0 Å². The van der Waals surface area contributed by atoms with Crippen LogP contribution in [0.25, 0.3) is 0 Å². The summed E-state index contributed by atoms with van der Waals surface area (Å²) in [7, 11) is 4.14. The van der Waals surface area contributed by atoms with Crippen LogP contribution in [-0.2, 0) is 19.4 Å². The van der Waals surface area contributed by atoms with Crippen LogP contribution in [0.4, 0.5) is 11.8 Å². The molecule has 0 amide bonds. The lowest BCUT2D eigenvalue weighted by molar-refractivity contribution is 0.174. The molecule has 1 aromatic heterocycles. The number of nitrogens with one attached hydrogen (secondary N) is 3. The molecule has 1 aliphatic heterocycles. The maximum Gasteiger partial charge on any atom is 0.231 e. The number of hydrogen-bond donors (Lipinski definition) is 3. The molecule has 1 aromatic carbocycles. The van der Waals surface area contributed by atoms with Gasteiger partial charge in [-0.2, -0.15) is 4.98 Å². The molecule has 0 spiro atoms. The lowest BCUT2D eigenvalue weighted by Crippen LogP contribution is -2.44. The van der Waals surface area contributed by atoms with Crippen molar-refractivity contribution in [3.05, 3.63) is 35.0 Å². The van der Waals surface area contributed by atoms with Gasteiger partial charge in [-0.05, 0) is 81.3 Å². The Hall–Kier alpha value is -2.81. The van der Waals surface area contributed by atoms with E-state index < -0.39 is 0 Å². The van der Waals surface area contributed by atoms with Crippen molar-refractivity contribution in [3.63, 3.8) is 0 Å². The highest BCUT2D eigenvalue weighted by Crippen LogP contribution is 2.32. The summed E-state index contributed by atoms with van der Waals surface area (Å²) in [5, 5.41) is 11.1. The highest BCUT2D eigenvalue weighted by Gasteiger charge is 2.24. The fourth-order valence-electron chi connectivity index (χ4n) is 5.04. The predicted molar refractivity (Wildman–Crippen MR) is 138 cm³/mol. The van der Waals surface area contributed by atoms with Gasteiger partial charge in [-0.3, -0.25) is 0 Å². The van der Waals surface area contributed by atoms with Crippen molar-refractivity contribution in [1.29, 1.82) is 0 Å². The second-order valence-corrected chi connectivity index (χ2v) is 10.0. The Labute approximate surface area is 206 Å².